The average molecular weight is 200 g/mol. The Labute approximate surface area is 91.1 Å². The van der Waals surface area contributed by atoms with Crippen LogP contribution in [-0.4, -0.2) is 13.1 Å². The van der Waals surface area contributed by atoms with E-state index in [0.717, 1.165) is 30.3 Å². The minimum atomic E-state index is 0.798. The second kappa shape index (κ2) is 4.35. The minimum Gasteiger partial charge on any atom is -0.370 e. The Bertz CT molecular complexity index is 370. The number of hydrogen-bond donors (Lipinski definition) is 0. The summed E-state index contributed by atoms with van der Waals surface area (Å²) in [5.74, 6) is 0.829. The lowest BCUT2D eigenvalue weighted by atomic mass is 9.98. The van der Waals surface area contributed by atoms with Crippen molar-refractivity contribution < 1.29 is 0 Å². The number of hydrogen-bond acceptors (Lipinski definition) is 2. The molecule has 15 heavy (non-hydrogen) atoms. The van der Waals surface area contributed by atoms with E-state index in [2.05, 4.69) is 24.0 Å². The zero-order valence-corrected chi connectivity index (χ0v) is 9.11. The van der Waals surface area contributed by atoms with E-state index in [4.69, 9.17) is 5.26 Å². The normalized spacial score (nSPS) is 17.5. The van der Waals surface area contributed by atoms with Crippen molar-refractivity contribution in [1.29, 1.82) is 5.26 Å². The summed E-state index contributed by atoms with van der Waals surface area (Å²) in [6.07, 6.45) is 2.47. The SMILES string of the molecule is CC1CCN(c2ccccc2C#N)CC1. The van der Waals surface area contributed by atoms with Crippen molar-refractivity contribution in [2.75, 3.05) is 18.0 Å². The third-order valence-corrected chi connectivity index (χ3v) is 3.15. The monoisotopic (exact) mass is 200 g/mol. The number of rotatable bonds is 1. The fraction of sp³-hybridized carbons (Fsp3) is 0.462. The molecule has 0 unspecified atom stereocenters. The van der Waals surface area contributed by atoms with Gasteiger partial charge >= 0.3 is 0 Å². The third-order valence-electron chi connectivity index (χ3n) is 3.15. The Kier molecular flexibility index (Phi) is 2.91. The Balaban J connectivity index is 2.19. The average Bonchev–Trinajstić information content (AvgIpc) is 2.30. The van der Waals surface area contributed by atoms with Gasteiger partial charge in [-0.25, -0.2) is 0 Å². The van der Waals surface area contributed by atoms with Crippen molar-refractivity contribution in [1.82, 2.24) is 0 Å². The van der Waals surface area contributed by atoms with Gasteiger partial charge in [0.15, 0.2) is 0 Å². The van der Waals surface area contributed by atoms with Gasteiger partial charge in [0.25, 0.3) is 0 Å². The molecule has 78 valence electrons. The molecular weight excluding hydrogens is 184 g/mol. The van der Waals surface area contributed by atoms with Crippen LogP contribution in [0.2, 0.25) is 0 Å². The zero-order chi connectivity index (χ0) is 10.7. The van der Waals surface area contributed by atoms with Crippen LogP contribution in [-0.2, 0) is 0 Å². The van der Waals surface area contributed by atoms with Crippen LogP contribution in [0.25, 0.3) is 0 Å². The van der Waals surface area contributed by atoms with E-state index in [9.17, 15) is 0 Å². The Morgan fingerprint density at radius 1 is 1.27 bits per heavy atom. The first-order valence-electron chi connectivity index (χ1n) is 5.55. The van der Waals surface area contributed by atoms with E-state index in [1.165, 1.54) is 12.8 Å². The molecule has 0 aliphatic carbocycles. The second-order valence-corrected chi connectivity index (χ2v) is 4.30. The third kappa shape index (κ3) is 2.12. The van der Waals surface area contributed by atoms with Gasteiger partial charge in [0, 0.05) is 13.1 Å². The summed E-state index contributed by atoms with van der Waals surface area (Å²) in [5.41, 5.74) is 1.90. The first kappa shape index (κ1) is 10.0. The highest BCUT2D eigenvalue weighted by molar-refractivity contribution is 5.59. The lowest BCUT2D eigenvalue weighted by molar-refractivity contribution is 0.438. The minimum absolute atomic E-state index is 0.798. The molecule has 1 fully saturated rings. The molecule has 0 bridgehead atoms. The molecule has 2 rings (SSSR count). The highest BCUT2D eigenvalue weighted by Crippen LogP contribution is 2.25. The van der Waals surface area contributed by atoms with Crippen LogP contribution in [0.3, 0.4) is 0 Å². The largest absolute Gasteiger partial charge is 0.370 e. The quantitative estimate of drug-likeness (QED) is 0.697. The molecule has 1 aliphatic heterocycles. The first-order valence-corrected chi connectivity index (χ1v) is 5.55. The molecule has 0 saturated carbocycles. The van der Waals surface area contributed by atoms with Crippen LogP contribution in [0.4, 0.5) is 5.69 Å². The number of nitriles is 1. The summed E-state index contributed by atoms with van der Waals surface area (Å²) in [6.45, 7) is 4.47. The van der Waals surface area contributed by atoms with Gasteiger partial charge in [-0.05, 0) is 30.9 Å². The van der Waals surface area contributed by atoms with Crippen molar-refractivity contribution in [2.24, 2.45) is 5.92 Å². The topological polar surface area (TPSA) is 27.0 Å². The molecule has 0 N–H and O–H groups in total. The van der Waals surface area contributed by atoms with Crippen molar-refractivity contribution in [3.63, 3.8) is 0 Å². The Morgan fingerprint density at radius 2 is 1.93 bits per heavy atom. The van der Waals surface area contributed by atoms with Crippen LogP contribution in [0.15, 0.2) is 24.3 Å². The van der Waals surface area contributed by atoms with Crippen LogP contribution in [0.1, 0.15) is 25.3 Å². The van der Waals surface area contributed by atoms with Gasteiger partial charge in [-0.3, -0.25) is 0 Å². The van der Waals surface area contributed by atoms with Crippen LogP contribution in [0, 0.1) is 17.2 Å². The lowest BCUT2D eigenvalue weighted by Crippen LogP contribution is -2.33. The van der Waals surface area contributed by atoms with Crippen molar-refractivity contribution in [3.8, 4) is 6.07 Å². The number of anilines is 1. The number of nitrogens with zero attached hydrogens (tertiary/aromatic N) is 2. The standard InChI is InChI=1S/C13H16N2/c1-11-6-8-15(9-7-11)13-5-3-2-4-12(13)10-14/h2-5,11H,6-9H2,1H3. The summed E-state index contributed by atoms with van der Waals surface area (Å²) >= 11 is 0. The molecule has 0 aromatic heterocycles. The van der Waals surface area contributed by atoms with Crippen LogP contribution < -0.4 is 4.90 Å². The van der Waals surface area contributed by atoms with Gasteiger partial charge in [0.2, 0.25) is 0 Å². The van der Waals surface area contributed by atoms with Crippen LogP contribution in [0.5, 0.6) is 0 Å². The van der Waals surface area contributed by atoms with Crippen molar-refractivity contribution >= 4 is 5.69 Å². The molecule has 2 heteroatoms. The maximum Gasteiger partial charge on any atom is 0.101 e. The summed E-state index contributed by atoms with van der Waals surface area (Å²) in [4.78, 5) is 2.33. The summed E-state index contributed by atoms with van der Waals surface area (Å²) in [5, 5.41) is 9.02. The predicted molar refractivity (Wildman–Crippen MR) is 61.8 cm³/mol. The summed E-state index contributed by atoms with van der Waals surface area (Å²) in [7, 11) is 0. The number of piperidine rings is 1. The lowest BCUT2D eigenvalue weighted by Gasteiger charge is -2.32. The van der Waals surface area contributed by atoms with Crippen molar-refractivity contribution in [2.45, 2.75) is 19.8 Å². The predicted octanol–water partition coefficient (Wildman–Crippen LogP) is 2.79. The smallest absolute Gasteiger partial charge is 0.101 e. The maximum absolute atomic E-state index is 9.02. The molecule has 1 aromatic carbocycles. The van der Waals surface area contributed by atoms with E-state index in [-0.39, 0.29) is 0 Å². The molecule has 1 aromatic rings. The first-order chi connectivity index (χ1) is 7.31. The van der Waals surface area contributed by atoms with Gasteiger partial charge < -0.3 is 4.90 Å². The number of para-hydroxylation sites is 1. The van der Waals surface area contributed by atoms with Gasteiger partial charge in [0.1, 0.15) is 6.07 Å². The van der Waals surface area contributed by atoms with Gasteiger partial charge in [0.05, 0.1) is 11.3 Å². The van der Waals surface area contributed by atoms with Gasteiger partial charge in [-0.1, -0.05) is 19.1 Å². The van der Waals surface area contributed by atoms with E-state index in [0.29, 0.717) is 0 Å². The Morgan fingerprint density at radius 3 is 2.60 bits per heavy atom. The molecule has 0 spiro atoms. The Hall–Kier alpha value is -1.49. The molecule has 1 saturated heterocycles. The number of benzene rings is 1. The zero-order valence-electron chi connectivity index (χ0n) is 9.11. The highest BCUT2D eigenvalue weighted by atomic mass is 15.1. The van der Waals surface area contributed by atoms with Crippen molar-refractivity contribution in [3.05, 3.63) is 29.8 Å². The second-order valence-electron chi connectivity index (χ2n) is 4.30. The molecule has 1 heterocycles. The highest BCUT2D eigenvalue weighted by Gasteiger charge is 2.17. The fourth-order valence-electron chi connectivity index (χ4n) is 2.09. The van der Waals surface area contributed by atoms with E-state index < -0.39 is 0 Å². The fourth-order valence-corrected chi connectivity index (χ4v) is 2.09. The summed E-state index contributed by atoms with van der Waals surface area (Å²) < 4.78 is 0. The van der Waals surface area contributed by atoms with Gasteiger partial charge in [-0.2, -0.15) is 5.26 Å². The molecular formula is C13H16N2. The molecule has 0 amide bonds. The van der Waals surface area contributed by atoms with E-state index >= 15 is 0 Å². The molecule has 1 aliphatic rings. The molecule has 0 atom stereocenters. The molecule has 0 radical (unpaired) electrons. The van der Waals surface area contributed by atoms with E-state index in [1.54, 1.807) is 0 Å². The van der Waals surface area contributed by atoms with Crippen LogP contribution >= 0.6 is 0 Å². The summed E-state index contributed by atoms with van der Waals surface area (Å²) in [6, 6.07) is 10.1. The van der Waals surface area contributed by atoms with E-state index in [1.807, 2.05) is 18.2 Å². The maximum atomic E-state index is 9.02. The van der Waals surface area contributed by atoms with Gasteiger partial charge in [-0.15, -0.1) is 0 Å². The molecule has 2 nitrogen and oxygen atoms in total.